The van der Waals surface area contributed by atoms with Crippen LogP contribution >= 0.6 is 11.6 Å². The molecule has 0 radical (unpaired) electrons. The Kier molecular flexibility index (Phi) is 29.6. The van der Waals surface area contributed by atoms with Crippen LogP contribution in [0.2, 0.25) is 5.02 Å². The van der Waals surface area contributed by atoms with E-state index in [1.807, 2.05) is 26.0 Å². The molecule has 28 heteroatoms. The van der Waals surface area contributed by atoms with E-state index in [9.17, 15) is 51.5 Å². The predicted octanol–water partition coefficient (Wildman–Crippen LogP) is 5.86. The predicted molar refractivity (Wildman–Crippen MR) is 375 cm³/mol. The van der Waals surface area contributed by atoms with Crippen LogP contribution in [0.3, 0.4) is 0 Å². The quantitative estimate of drug-likeness (QED) is 0.239. The molecule has 2 saturated carbocycles. The highest BCUT2D eigenvalue weighted by Gasteiger charge is 2.50. The number of carbonyl (C=O) groups is 12. The molecule has 0 aromatic heterocycles. The molecular weight excluding hydrogens is 1330 g/mol. The van der Waals surface area contributed by atoms with Crippen molar-refractivity contribution in [2.24, 2.45) is 17.8 Å². The van der Waals surface area contributed by atoms with E-state index < -0.39 is 173 Å². The number of piperidine rings is 1. The fourth-order valence-electron chi connectivity index (χ4n) is 14.2. The smallest absolute Gasteiger partial charge is 0.343 e. The summed E-state index contributed by atoms with van der Waals surface area (Å²) < 4.78 is 41.8. The van der Waals surface area contributed by atoms with E-state index in [4.69, 9.17) is 11.6 Å². The molecule has 2 aromatic rings. The van der Waals surface area contributed by atoms with Gasteiger partial charge < -0.3 is 60.0 Å². The molecule has 560 valence electrons. The zero-order chi connectivity index (χ0) is 75.1. The van der Waals surface area contributed by atoms with Gasteiger partial charge in [-0.1, -0.05) is 127 Å². The van der Waals surface area contributed by atoms with Crippen molar-refractivity contribution in [3.63, 3.8) is 0 Å². The number of halogens is 4. The second kappa shape index (κ2) is 36.3. The van der Waals surface area contributed by atoms with Crippen LogP contribution < -0.4 is 16.0 Å². The SMILES string of the molecule is CC[C@H](C)[C@@H]1NC(=O)[C@H](C)N(C)C(=O)C[C@@H](C(=O)N2CCCCC2)N(C)C(=O)[C@H](C(C)C)N(C)C(=O)C2(CCCC2)NC(=O)[C@H](Cc2ccc(C)cc2)N(C)C(=O)[C@H](CCc2ccc(C(F)(F)F)c(Cl)c2)NC(=O)CN(C)C(=O)[C@H](CC2CCCCC2)N(C)C(=O)CN(C)C(=O)CN(C)C1=O. The lowest BCUT2D eigenvalue weighted by atomic mass is 9.84. The van der Waals surface area contributed by atoms with Gasteiger partial charge in [-0.25, -0.2) is 0 Å². The Balaban J connectivity index is 1.45. The number of rotatable bonds is 11. The molecule has 12 amide bonds. The molecule has 0 unspecified atom stereocenters. The molecule has 2 aliphatic heterocycles. The summed E-state index contributed by atoms with van der Waals surface area (Å²) in [6.45, 7) is 9.27. The Morgan fingerprint density at radius 3 is 1.79 bits per heavy atom. The molecule has 2 aromatic carbocycles. The van der Waals surface area contributed by atoms with Crippen molar-refractivity contribution in [3.05, 3.63) is 69.7 Å². The lowest BCUT2D eigenvalue weighted by Gasteiger charge is -2.42. The van der Waals surface area contributed by atoms with E-state index in [0.29, 0.717) is 50.8 Å². The average molecular weight is 1440 g/mol. The Morgan fingerprint density at radius 2 is 1.21 bits per heavy atom. The fourth-order valence-corrected chi connectivity index (χ4v) is 14.5. The lowest BCUT2D eigenvalue weighted by Crippen LogP contribution is -2.65. The summed E-state index contributed by atoms with van der Waals surface area (Å²) in [5.41, 5.74) is -0.995. The minimum atomic E-state index is -4.78. The first-order valence-electron chi connectivity index (χ1n) is 35.6. The van der Waals surface area contributed by atoms with Crippen molar-refractivity contribution >= 4 is 82.5 Å². The maximum atomic E-state index is 15.6. The Morgan fingerprint density at radius 1 is 0.624 bits per heavy atom. The van der Waals surface area contributed by atoms with Crippen LogP contribution in [0, 0.1) is 24.7 Å². The molecule has 4 fully saturated rings. The number of carbonyl (C=O) groups excluding carboxylic acids is 12. The first kappa shape index (κ1) is 82.1. The molecule has 2 saturated heterocycles. The highest BCUT2D eigenvalue weighted by molar-refractivity contribution is 6.31. The van der Waals surface area contributed by atoms with E-state index in [-0.39, 0.29) is 50.0 Å². The highest BCUT2D eigenvalue weighted by Crippen LogP contribution is 2.37. The van der Waals surface area contributed by atoms with Gasteiger partial charge in [-0.15, -0.1) is 0 Å². The zero-order valence-corrected chi connectivity index (χ0v) is 62.3. The number of nitrogens with zero attached hydrogens (tertiary/aromatic N) is 9. The molecule has 6 rings (SSSR count). The van der Waals surface area contributed by atoms with Crippen LogP contribution in [0.15, 0.2) is 42.5 Å². The van der Waals surface area contributed by atoms with Gasteiger partial charge in [-0.3, -0.25) is 57.5 Å². The van der Waals surface area contributed by atoms with Gasteiger partial charge in [-0.05, 0) is 106 Å². The summed E-state index contributed by atoms with van der Waals surface area (Å²) in [7, 11) is 11.1. The minimum Gasteiger partial charge on any atom is -0.343 e. The molecule has 4 aliphatic rings. The maximum absolute atomic E-state index is 15.6. The van der Waals surface area contributed by atoms with Crippen LogP contribution in [0.4, 0.5) is 13.2 Å². The van der Waals surface area contributed by atoms with E-state index in [0.717, 1.165) is 80.7 Å². The molecule has 8 atom stereocenters. The number of alkyl halides is 3. The van der Waals surface area contributed by atoms with Crippen molar-refractivity contribution in [2.75, 3.05) is 89.1 Å². The number of likely N-dealkylation sites (N-methyl/N-ethyl adjacent to an activating group) is 8. The maximum Gasteiger partial charge on any atom is 0.417 e. The highest BCUT2D eigenvalue weighted by atomic mass is 35.5. The third-order valence-corrected chi connectivity index (χ3v) is 21.5. The van der Waals surface area contributed by atoms with Gasteiger partial charge >= 0.3 is 6.18 Å². The number of hydrogen-bond donors (Lipinski definition) is 3. The molecule has 3 N–H and O–H groups in total. The normalized spacial score (nSPS) is 25.1. The Hall–Kier alpha value is -7.84. The lowest BCUT2D eigenvalue weighted by molar-refractivity contribution is -0.156. The third-order valence-electron chi connectivity index (χ3n) is 21.2. The molecule has 24 nitrogen and oxygen atoms in total. The number of nitrogens with one attached hydrogen (secondary N) is 3. The number of hydrogen-bond acceptors (Lipinski definition) is 12. The van der Waals surface area contributed by atoms with Gasteiger partial charge in [0.05, 0.1) is 36.6 Å². The van der Waals surface area contributed by atoms with Gasteiger partial charge in [0.15, 0.2) is 0 Å². The van der Waals surface area contributed by atoms with Gasteiger partial charge in [0, 0.05) is 75.9 Å². The summed E-state index contributed by atoms with van der Waals surface area (Å²) in [6.07, 6.45) is 2.34. The standard InChI is InChI=1S/C73H108ClF3N12O12/c1-15-47(5)62-69(99)83(9)43-60(92)81(7)44-61(93)85(11)56(40-49-24-18-16-19-25-49)67(97)82(8)42-58(90)78-54(33-31-50-30-32-52(53(74)38-50)73(75,76)77)66(96)86(12)55(39-51-28-26-46(4)27-29-51)65(95)80-72(34-20-21-35-72)71(101)88(14)63(45(2)3)70(100)87(13)57(68(98)89-36-22-17-23-37-89)41-59(91)84(10)48(6)64(94)79-62/h26-30,32,38,45,47-49,54-57,62-63H,15-25,31,33-37,39-44H2,1-14H3,(H,78,90)(H,79,94)(H,80,95)/t47-,48-,54-,55-,56-,57-,62-,63-/m0/s1. The number of aryl methyl sites for hydroxylation is 2. The van der Waals surface area contributed by atoms with E-state index in [2.05, 4.69) is 16.0 Å². The van der Waals surface area contributed by atoms with Gasteiger partial charge in [-0.2, -0.15) is 13.2 Å². The molecule has 1 spiro atoms. The third kappa shape index (κ3) is 21.2. The molecule has 101 heavy (non-hydrogen) atoms. The summed E-state index contributed by atoms with van der Waals surface area (Å²) in [5, 5.41) is 8.00. The summed E-state index contributed by atoms with van der Waals surface area (Å²) in [4.78, 5) is 189. The fraction of sp³-hybridized carbons (Fsp3) is 0.671. The van der Waals surface area contributed by atoms with Crippen LogP contribution in [0.1, 0.15) is 160 Å². The Bertz CT molecular complexity index is 3300. The van der Waals surface area contributed by atoms with Crippen molar-refractivity contribution in [1.29, 1.82) is 0 Å². The van der Waals surface area contributed by atoms with Crippen LogP contribution in [-0.4, -0.2) is 252 Å². The van der Waals surface area contributed by atoms with Crippen molar-refractivity contribution in [1.82, 2.24) is 60.0 Å². The molecular formula is C73H108ClF3N12O12. The average Bonchev–Trinajstić information content (AvgIpc) is 1.58. The zero-order valence-electron chi connectivity index (χ0n) is 61.5. The first-order valence-corrected chi connectivity index (χ1v) is 36.0. The molecule has 0 bridgehead atoms. The van der Waals surface area contributed by atoms with Gasteiger partial charge in [0.2, 0.25) is 70.9 Å². The van der Waals surface area contributed by atoms with Crippen LogP contribution in [0.5, 0.6) is 0 Å². The largest absolute Gasteiger partial charge is 0.417 e. The second-order valence-electron chi connectivity index (χ2n) is 29.0. The Labute approximate surface area is 598 Å². The van der Waals surface area contributed by atoms with Crippen molar-refractivity contribution in [3.8, 4) is 0 Å². The monoisotopic (exact) mass is 1440 g/mol. The summed E-state index contributed by atoms with van der Waals surface area (Å²) in [6, 6.07) is 1.03. The van der Waals surface area contributed by atoms with E-state index >= 15 is 19.2 Å². The summed E-state index contributed by atoms with van der Waals surface area (Å²) >= 11 is 6.19. The van der Waals surface area contributed by atoms with Crippen molar-refractivity contribution in [2.45, 2.75) is 211 Å². The van der Waals surface area contributed by atoms with Gasteiger partial charge in [0.25, 0.3) is 0 Å². The van der Waals surface area contributed by atoms with Crippen molar-refractivity contribution < 1.29 is 70.7 Å². The van der Waals surface area contributed by atoms with E-state index in [1.165, 1.54) is 84.1 Å². The number of benzene rings is 2. The van der Waals surface area contributed by atoms with Gasteiger partial charge in [0.1, 0.15) is 47.8 Å². The number of amides is 12. The summed E-state index contributed by atoms with van der Waals surface area (Å²) in [5.74, 6) is -9.47. The van der Waals surface area contributed by atoms with Crippen LogP contribution in [-0.2, 0) is 76.6 Å². The second-order valence-corrected chi connectivity index (χ2v) is 29.4. The topological polar surface area (TPSA) is 270 Å². The van der Waals surface area contributed by atoms with Crippen LogP contribution in [0.25, 0.3) is 0 Å². The first-order chi connectivity index (χ1) is 47.4. The number of likely N-dealkylation sites (tertiary alicyclic amines) is 1. The molecule has 2 heterocycles. The molecule has 2 aliphatic carbocycles. The van der Waals surface area contributed by atoms with E-state index in [1.54, 1.807) is 37.8 Å². The minimum absolute atomic E-state index is 0.00209.